The Kier molecular flexibility index (Phi) is 9.24. The van der Waals surface area contributed by atoms with Crippen molar-refractivity contribution in [1.82, 2.24) is 4.98 Å². The predicted molar refractivity (Wildman–Crippen MR) is 157 cm³/mol. The Balaban J connectivity index is 1.33. The standard InChI is InChI=1S/C29H30BrCl2N3O5/c30-24-25(29(26(24)36)9-2-1-3-10-29)35-22(28(38)40-16-18-8-11-39-15-18)12-17-4-6-19(7-5-17)34-27(37)23-20(31)13-33-14-21(23)32/h4-7,13-14,18,22,24H,1-3,8-12,15-16H2,(H,34,37)/t18?,22-,24?/m0/s1. The quantitative estimate of drug-likeness (QED) is 0.283. The van der Waals surface area contributed by atoms with E-state index >= 15 is 0 Å². The summed E-state index contributed by atoms with van der Waals surface area (Å²) in [5.41, 5.74) is 1.72. The number of ketones is 1. The van der Waals surface area contributed by atoms with Gasteiger partial charge in [-0.05, 0) is 37.0 Å². The highest BCUT2D eigenvalue weighted by Crippen LogP contribution is 2.49. The van der Waals surface area contributed by atoms with E-state index in [0.717, 1.165) is 49.8 Å². The summed E-state index contributed by atoms with van der Waals surface area (Å²) in [6.45, 7) is 1.54. The molecule has 2 saturated carbocycles. The zero-order valence-corrected chi connectivity index (χ0v) is 24.9. The second-order valence-corrected chi connectivity index (χ2v) is 12.3. The second kappa shape index (κ2) is 12.7. The second-order valence-electron chi connectivity index (χ2n) is 10.6. The number of hydrogen-bond donors (Lipinski definition) is 1. The van der Waals surface area contributed by atoms with Crippen LogP contribution in [0.15, 0.2) is 41.7 Å². The van der Waals surface area contributed by atoms with Crippen LogP contribution in [0.25, 0.3) is 0 Å². The molecule has 212 valence electrons. The van der Waals surface area contributed by atoms with Gasteiger partial charge in [0.05, 0.1) is 34.2 Å². The maximum Gasteiger partial charge on any atom is 0.331 e. The number of anilines is 1. The Morgan fingerprint density at radius 1 is 1.15 bits per heavy atom. The number of nitrogens with zero attached hydrogens (tertiary/aromatic N) is 2. The fourth-order valence-electron chi connectivity index (χ4n) is 5.63. The number of ether oxygens (including phenoxy) is 2. The molecule has 11 heteroatoms. The molecule has 40 heavy (non-hydrogen) atoms. The number of carbonyl (C=O) groups excluding carboxylic acids is 3. The fourth-order valence-corrected chi connectivity index (χ4v) is 7.17. The van der Waals surface area contributed by atoms with E-state index in [9.17, 15) is 14.4 Å². The summed E-state index contributed by atoms with van der Waals surface area (Å²) in [5, 5.41) is 3.09. The Morgan fingerprint density at radius 2 is 1.85 bits per heavy atom. The molecule has 2 heterocycles. The number of amides is 1. The number of halogens is 3. The lowest BCUT2D eigenvalue weighted by Gasteiger charge is -2.48. The summed E-state index contributed by atoms with van der Waals surface area (Å²) in [4.78, 5) is 47.3. The molecule has 3 atom stereocenters. The van der Waals surface area contributed by atoms with Crippen molar-refractivity contribution in [2.75, 3.05) is 25.1 Å². The number of carbonyl (C=O) groups is 3. The third-order valence-corrected chi connectivity index (χ3v) is 9.34. The van der Waals surface area contributed by atoms with Gasteiger partial charge in [0.2, 0.25) is 0 Å². The summed E-state index contributed by atoms with van der Waals surface area (Å²) in [6, 6.07) is 6.34. The summed E-state index contributed by atoms with van der Waals surface area (Å²) < 4.78 is 11.1. The number of pyridine rings is 1. The number of alkyl halides is 1. The largest absolute Gasteiger partial charge is 0.464 e. The van der Waals surface area contributed by atoms with Crippen LogP contribution in [0, 0.1) is 11.3 Å². The van der Waals surface area contributed by atoms with Gasteiger partial charge in [0, 0.05) is 42.7 Å². The lowest BCUT2D eigenvalue weighted by atomic mass is 9.58. The first-order chi connectivity index (χ1) is 19.3. The Morgan fingerprint density at radius 3 is 2.50 bits per heavy atom. The molecular weight excluding hydrogens is 621 g/mol. The van der Waals surface area contributed by atoms with Gasteiger partial charge in [0.1, 0.15) is 4.83 Å². The summed E-state index contributed by atoms with van der Waals surface area (Å²) in [6.07, 6.45) is 8.47. The molecule has 0 bridgehead atoms. The van der Waals surface area contributed by atoms with Crippen molar-refractivity contribution in [3.8, 4) is 0 Å². The molecule has 1 aliphatic heterocycles. The van der Waals surface area contributed by atoms with E-state index in [1.807, 2.05) is 12.1 Å². The molecule has 1 amide bonds. The molecule has 2 aromatic rings. The highest BCUT2D eigenvalue weighted by Gasteiger charge is 2.58. The van der Waals surface area contributed by atoms with Crippen LogP contribution in [-0.4, -0.2) is 59.0 Å². The zero-order valence-electron chi connectivity index (χ0n) is 21.8. The monoisotopic (exact) mass is 649 g/mol. The first kappa shape index (κ1) is 29.2. The van der Waals surface area contributed by atoms with E-state index in [1.165, 1.54) is 12.4 Å². The van der Waals surface area contributed by atoms with Crippen molar-refractivity contribution >= 4 is 68.2 Å². The van der Waals surface area contributed by atoms with Crippen molar-refractivity contribution < 1.29 is 23.9 Å². The van der Waals surface area contributed by atoms with Crippen molar-refractivity contribution in [3.63, 3.8) is 0 Å². The van der Waals surface area contributed by atoms with Gasteiger partial charge in [0.15, 0.2) is 11.8 Å². The number of aliphatic imine (C=N–C) groups is 1. The molecule has 1 aromatic heterocycles. The predicted octanol–water partition coefficient (Wildman–Crippen LogP) is 5.87. The third-order valence-electron chi connectivity index (χ3n) is 7.91. The highest BCUT2D eigenvalue weighted by molar-refractivity contribution is 9.10. The van der Waals surface area contributed by atoms with E-state index in [1.54, 1.807) is 12.1 Å². The van der Waals surface area contributed by atoms with Crippen LogP contribution in [0.3, 0.4) is 0 Å². The smallest absolute Gasteiger partial charge is 0.331 e. The Hall–Kier alpha value is -2.33. The Bertz CT molecular complexity index is 1290. The molecule has 1 aromatic carbocycles. The Labute approximate surface area is 251 Å². The number of rotatable bonds is 8. The van der Waals surface area contributed by atoms with Gasteiger partial charge < -0.3 is 14.8 Å². The number of benzene rings is 1. The molecule has 2 unspecified atom stereocenters. The van der Waals surface area contributed by atoms with Crippen LogP contribution in [-0.2, 0) is 25.5 Å². The average Bonchev–Trinajstić information content (AvgIpc) is 3.48. The molecule has 0 radical (unpaired) electrons. The van der Waals surface area contributed by atoms with Crippen molar-refractivity contribution in [2.45, 2.75) is 55.8 Å². The van der Waals surface area contributed by atoms with E-state index in [-0.39, 0.29) is 33.9 Å². The summed E-state index contributed by atoms with van der Waals surface area (Å²) in [5.74, 6) is -0.523. The van der Waals surface area contributed by atoms with Gasteiger partial charge >= 0.3 is 5.97 Å². The molecule has 2 aliphatic carbocycles. The first-order valence-electron chi connectivity index (χ1n) is 13.5. The van der Waals surface area contributed by atoms with Crippen LogP contribution in [0.4, 0.5) is 5.69 Å². The van der Waals surface area contributed by atoms with Gasteiger partial charge in [-0.15, -0.1) is 0 Å². The number of aromatic nitrogens is 1. The first-order valence-corrected chi connectivity index (χ1v) is 15.2. The molecule has 3 fully saturated rings. The van der Waals surface area contributed by atoms with Gasteiger partial charge in [0.25, 0.3) is 5.91 Å². The maximum absolute atomic E-state index is 13.3. The molecule has 3 aliphatic rings. The van der Waals surface area contributed by atoms with Crippen LogP contribution < -0.4 is 5.32 Å². The van der Waals surface area contributed by atoms with Gasteiger partial charge in [-0.2, -0.15) is 0 Å². The average molecular weight is 651 g/mol. The van der Waals surface area contributed by atoms with Crippen LogP contribution in [0.5, 0.6) is 0 Å². The molecule has 5 rings (SSSR count). The molecule has 8 nitrogen and oxygen atoms in total. The zero-order chi connectivity index (χ0) is 28.3. The number of nitrogens with one attached hydrogen (secondary N) is 1. The lowest BCUT2D eigenvalue weighted by molar-refractivity contribution is -0.146. The van der Waals surface area contributed by atoms with Crippen molar-refractivity contribution in [1.29, 1.82) is 0 Å². The topological polar surface area (TPSA) is 107 Å². The molecule has 1 spiro atoms. The summed E-state index contributed by atoms with van der Waals surface area (Å²) in [7, 11) is 0. The minimum Gasteiger partial charge on any atom is -0.464 e. The molecule has 1 saturated heterocycles. The van der Waals surface area contributed by atoms with Crippen LogP contribution >= 0.6 is 39.1 Å². The van der Waals surface area contributed by atoms with Crippen LogP contribution in [0.2, 0.25) is 10.0 Å². The van der Waals surface area contributed by atoms with E-state index in [2.05, 4.69) is 26.2 Å². The SMILES string of the molecule is O=C(Nc1ccc(C[C@H](N=C2C(Br)C(=O)C23CCCCC3)C(=O)OCC2CCOC2)cc1)c1c(Cl)cncc1Cl. The molecule has 1 N–H and O–H groups in total. The number of Topliss-reactive ketones (excluding diaryl/α,β-unsaturated/α-hetero) is 1. The highest BCUT2D eigenvalue weighted by atomic mass is 79.9. The van der Waals surface area contributed by atoms with E-state index in [0.29, 0.717) is 25.3 Å². The van der Waals surface area contributed by atoms with Crippen molar-refractivity contribution in [3.05, 3.63) is 57.8 Å². The fraction of sp³-hybridized carbons (Fsp3) is 0.483. The lowest BCUT2D eigenvalue weighted by Crippen LogP contribution is -2.61. The van der Waals surface area contributed by atoms with Gasteiger partial charge in [-0.25, -0.2) is 4.79 Å². The number of hydrogen-bond acceptors (Lipinski definition) is 7. The van der Waals surface area contributed by atoms with E-state index < -0.39 is 28.2 Å². The van der Waals surface area contributed by atoms with Gasteiger partial charge in [-0.3, -0.25) is 19.6 Å². The normalized spacial score (nSPS) is 23.6. The van der Waals surface area contributed by atoms with E-state index in [4.69, 9.17) is 37.7 Å². The number of esters is 1. The maximum atomic E-state index is 13.3. The minimum absolute atomic E-state index is 0.143. The van der Waals surface area contributed by atoms with Gasteiger partial charge in [-0.1, -0.05) is 70.5 Å². The third kappa shape index (κ3) is 6.12. The van der Waals surface area contributed by atoms with Crippen LogP contribution in [0.1, 0.15) is 54.4 Å². The van der Waals surface area contributed by atoms with Crippen molar-refractivity contribution in [2.24, 2.45) is 16.3 Å². The summed E-state index contributed by atoms with van der Waals surface area (Å²) >= 11 is 15.7. The minimum atomic E-state index is -0.792. The molecular formula is C29H30BrCl2N3O5.